The quantitative estimate of drug-likeness (QED) is 0.388. The van der Waals surface area contributed by atoms with Gasteiger partial charge in [-0.3, -0.25) is 0 Å². The average Bonchev–Trinajstić information content (AvgIpc) is 3.20. The van der Waals surface area contributed by atoms with Crippen LogP contribution in [-0.2, 0) is 17.4 Å². The summed E-state index contributed by atoms with van der Waals surface area (Å²) >= 11 is 1.46. The standard InChI is InChI=1S/C23H22F3NO4S/c1-22(2,21(28)29)31-18-11-9-17(10-12-18)30-13-3-4-20-27-19(14-32-20)15-5-7-16(8-6-15)23(24,25)26/h5-12,14H,3-4,13H2,1-2H3,(H,28,29). The number of ether oxygens (including phenoxy) is 2. The van der Waals surface area contributed by atoms with Crippen molar-refractivity contribution in [2.75, 3.05) is 6.61 Å². The SMILES string of the molecule is CC(C)(Oc1ccc(OCCCc2nc(-c3ccc(C(F)(F)F)cc3)cs2)cc1)C(=O)O. The summed E-state index contributed by atoms with van der Waals surface area (Å²) in [7, 11) is 0. The Balaban J connectivity index is 1.46. The molecule has 32 heavy (non-hydrogen) atoms. The Kier molecular flexibility index (Phi) is 7.08. The van der Waals surface area contributed by atoms with Gasteiger partial charge in [0.25, 0.3) is 0 Å². The second-order valence-electron chi connectivity index (χ2n) is 7.54. The van der Waals surface area contributed by atoms with Crippen LogP contribution in [0.15, 0.2) is 53.9 Å². The van der Waals surface area contributed by atoms with Crippen molar-refractivity contribution in [3.05, 3.63) is 64.5 Å². The van der Waals surface area contributed by atoms with Crippen molar-refractivity contribution >= 4 is 17.3 Å². The summed E-state index contributed by atoms with van der Waals surface area (Å²) in [5.41, 5.74) is -0.710. The molecule has 0 radical (unpaired) electrons. The van der Waals surface area contributed by atoms with Crippen LogP contribution in [0.2, 0.25) is 0 Å². The number of carboxylic acids is 1. The number of aromatic nitrogens is 1. The van der Waals surface area contributed by atoms with E-state index in [1.807, 2.05) is 5.38 Å². The molecule has 1 aromatic heterocycles. The molecule has 0 saturated heterocycles. The minimum atomic E-state index is -4.35. The van der Waals surface area contributed by atoms with Crippen molar-refractivity contribution < 1.29 is 32.5 Å². The molecule has 170 valence electrons. The van der Waals surface area contributed by atoms with E-state index in [-0.39, 0.29) is 0 Å². The molecule has 9 heteroatoms. The van der Waals surface area contributed by atoms with E-state index in [0.717, 1.165) is 17.1 Å². The van der Waals surface area contributed by atoms with Crippen LogP contribution in [0.4, 0.5) is 13.2 Å². The highest BCUT2D eigenvalue weighted by Gasteiger charge is 2.30. The molecule has 0 unspecified atom stereocenters. The van der Waals surface area contributed by atoms with Gasteiger partial charge in [-0.2, -0.15) is 13.2 Å². The van der Waals surface area contributed by atoms with Crippen LogP contribution in [0.1, 0.15) is 30.8 Å². The first-order valence-corrected chi connectivity index (χ1v) is 10.7. The van der Waals surface area contributed by atoms with Crippen LogP contribution in [0.5, 0.6) is 11.5 Å². The lowest BCUT2D eigenvalue weighted by molar-refractivity contribution is -0.152. The van der Waals surface area contributed by atoms with Gasteiger partial charge in [0, 0.05) is 17.4 Å². The maximum absolute atomic E-state index is 12.7. The van der Waals surface area contributed by atoms with Gasteiger partial charge in [0.15, 0.2) is 5.60 Å². The number of carbonyl (C=O) groups is 1. The fourth-order valence-corrected chi connectivity index (χ4v) is 3.59. The Morgan fingerprint density at radius 3 is 2.25 bits per heavy atom. The summed E-state index contributed by atoms with van der Waals surface area (Å²) in [5, 5.41) is 11.8. The fourth-order valence-electron chi connectivity index (χ4n) is 2.74. The summed E-state index contributed by atoms with van der Waals surface area (Å²) < 4.78 is 49.2. The first kappa shape index (κ1) is 23.6. The molecular weight excluding hydrogens is 443 g/mol. The van der Waals surface area contributed by atoms with E-state index in [1.54, 1.807) is 24.3 Å². The van der Waals surface area contributed by atoms with Crippen LogP contribution in [0, 0.1) is 0 Å². The number of halogens is 3. The lowest BCUT2D eigenvalue weighted by atomic mass is 10.1. The number of carboxylic acid groups (broad SMARTS) is 1. The second-order valence-corrected chi connectivity index (χ2v) is 8.49. The minimum absolute atomic E-state index is 0.434. The van der Waals surface area contributed by atoms with Crippen LogP contribution in [0.3, 0.4) is 0 Å². The van der Waals surface area contributed by atoms with Crippen LogP contribution < -0.4 is 9.47 Å². The Labute approximate surface area is 187 Å². The third-order valence-electron chi connectivity index (χ3n) is 4.58. The zero-order valence-corrected chi connectivity index (χ0v) is 18.3. The lowest BCUT2D eigenvalue weighted by Gasteiger charge is -2.21. The number of benzene rings is 2. The van der Waals surface area contributed by atoms with Crippen molar-refractivity contribution in [1.29, 1.82) is 0 Å². The number of alkyl halides is 3. The normalized spacial score (nSPS) is 11.9. The van der Waals surface area contributed by atoms with E-state index in [1.165, 1.54) is 37.3 Å². The molecule has 1 N–H and O–H groups in total. The van der Waals surface area contributed by atoms with E-state index in [2.05, 4.69) is 4.98 Å². The molecule has 5 nitrogen and oxygen atoms in total. The fraction of sp³-hybridized carbons (Fsp3) is 0.304. The molecule has 0 bridgehead atoms. The third-order valence-corrected chi connectivity index (χ3v) is 5.48. The van der Waals surface area contributed by atoms with Gasteiger partial charge >= 0.3 is 12.1 Å². The third kappa shape index (κ3) is 6.23. The first-order valence-electron chi connectivity index (χ1n) is 9.82. The van der Waals surface area contributed by atoms with E-state index in [9.17, 15) is 18.0 Å². The number of rotatable bonds is 9. The van der Waals surface area contributed by atoms with E-state index in [4.69, 9.17) is 14.6 Å². The molecule has 1 heterocycles. The largest absolute Gasteiger partial charge is 0.494 e. The van der Waals surface area contributed by atoms with Gasteiger partial charge in [-0.05, 0) is 56.7 Å². The first-order chi connectivity index (χ1) is 15.0. The molecule has 0 amide bonds. The Hall–Kier alpha value is -3.07. The van der Waals surface area contributed by atoms with Crippen LogP contribution in [0.25, 0.3) is 11.3 Å². The van der Waals surface area contributed by atoms with Crippen LogP contribution in [-0.4, -0.2) is 28.3 Å². The van der Waals surface area contributed by atoms with Gasteiger partial charge in [-0.15, -0.1) is 11.3 Å². The lowest BCUT2D eigenvalue weighted by Crippen LogP contribution is -2.37. The zero-order valence-electron chi connectivity index (χ0n) is 17.5. The van der Waals surface area contributed by atoms with Gasteiger partial charge in [-0.1, -0.05) is 12.1 Å². The zero-order chi connectivity index (χ0) is 23.4. The van der Waals surface area contributed by atoms with E-state index >= 15 is 0 Å². The van der Waals surface area contributed by atoms with Crippen LogP contribution >= 0.6 is 11.3 Å². The van der Waals surface area contributed by atoms with Gasteiger partial charge < -0.3 is 14.6 Å². The average molecular weight is 465 g/mol. The van der Waals surface area contributed by atoms with Gasteiger partial charge in [0.05, 0.1) is 22.9 Å². The highest BCUT2D eigenvalue weighted by Crippen LogP contribution is 2.31. The summed E-state index contributed by atoms with van der Waals surface area (Å²) in [5.74, 6) is 0.0138. The molecule has 2 aromatic carbocycles. The highest BCUT2D eigenvalue weighted by atomic mass is 32.1. The van der Waals surface area contributed by atoms with Gasteiger partial charge in [0.2, 0.25) is 0 Å². The number of hydrogen-bond acceptors (Lipinski definition) is 5. The van der Waals surface area contributed by atoms with Gasteiger partial charge in [-0.25, -0.2) is 9.78 Å². The summed E-state index contributed by atoms with van der Waals surface area (Å²) in [6, 6.07) is 11.7. The number of thiazole rings is 1. The van der Waals surface area contributed by atoms with E-state index in [0.29, 0.717) is 42.2 Å². The molecule has 0 fully saturated rings. The molecule has 3 aromatic rings. The molecule has 0 atom stereocenters. The number of nitrogens with zero attached hydrogens (tertiary/aromatic N) is 1. The molecule has 0 aliphatic rings. The van der Waals surface area contributed by atoms with Crippen molar-refractivity contribution in [2.24, 2.45) is 0 Å². The maximum Gasteiger partial charge on any atom is 0.416 e. The number of aliphatic carboxylic acids is 1. The van der Waals surface area contributed by atoms with Crippen molar-refractivity contribution in [3.8, 4) is 22.8 Å². The summed E-state index contributed by atoms with van der Waals surface area (Å²) in [6.45, 7) is 3.40. The predicted octanol–water partition coefficient (Wildman–Crippen LogP) is 6.08. The Morgan fingerprint density at radius 2 is 1.66 bits per heavy atom. The molecule has 0 aliphatic heterocycles. The summed E-state index contributed by atoms with van der Waals surface area (Å²) in [4.78, 5) is 15.6. The highest BCUT2D eigenvalue weighted by molar-refractivity contribution is 7.09. The monoisotopic (exact) mass is 465 g/mol. The van der Waals surface area contributed by atoms with Crippen molar-refractivity contribution in [1.82, 2.24) is 4.98 Å². The summed E-state index contributed by atoms with van der Waals surface area (Å²) in [6.07, 6.45) is -2.96. The number of aryl methyl sites for hydroxylation is 1. The van der Waals surface area contributed by atoms with E-state index < -0.39 is 23.3 Å². The molecular formula is C23H22F3NO4S. The number of hydrogen-bond donors (Lipinski definition) is 1. The van der Waals surface area contributed by atoms with Crippen molar-refractivity contribution in [2.45, 2.75) is 38.5 Å². The molecule has 3 rings (SSSR count). The van der Waals surface area contributed by atoms with Crippen molar-refractivity contribution in [3.63, 3.8) is 0 Å². The second kappa shape index (κ2) is 9.60. The molecule has 0 saturated carbocycles. The smallest absolute Gasteiger partial charge is 0.416 e. The molecule has 0 spiro atoms. The topological polar surface area (TPSA) is 68.7 Å². The Bertz CT molecular complexity index is 1040. The predicted molar refractivity (Wildman–Crippen MR) is 115 cm³/mol. The maximum atomic E-state index is 12.7. The molecule has 0 aliphatic carbocycles. The Morgan fingerprint density at radius 1 is 1.03 bits per heavy atom. The van der Waals surface area contributed by atoms with Gasteiger partial charge in [0.1, 0.15) is 11.5 Å². The minimum Gasteiger partial charge on any atom is -0.494 e.